The van der Waals surface area contributed by atoms with Gasteiger partial charge in [0.1, 0.15) is 5.75 Å². The third-order valence-electron chi connectivity index (χ3n) is 5.84. The van der Waals surface area contributed by atoms with Gasteiger partial charge in [-0.15, -0.1) is 0 Å². The molecule has 0 radical (unpaired) electrons. The number of phenols is 5. The lowest BCUT2D eigenvalue weighted by Gasteiger charge is -2.26. The number of halogens is 1. The molecule has 1 aliphatic heterocycles. The van der Waals surface area contributed by atoms with Gasteiger partial charge in [-0.25, -0.2) is 0 Å². The maximum atomic E-state index is 12.9. The summed E-state index contributed by atoms with van der Waals surface area (Å²) in [5.74, 6) is -4.27. The van der Waals surface area contributed by atoms with Crippen molar-refractivity contribution in [3.8, 4) is 34.5 Å². The molecule has 1 heterocycles. The number of amides is 1. The fourth-order valence-corrected chi connectivity index (χ4v) is 4.10. The van der Waals surface area contributed by atoms with E-state index in [1.807, 2.05) is 11.8 Å². The minimum Gasteiger partial charge on any atom is -0.504 e. The van der Waals surface area contributed by atoms with Gasteiger partial charge in [-0.2, -0.15) is 0 Å². The van der Waals surface area contributed by atoms with E-state index in [4.69, 9.17) is 16.3 Å². The Morgan fingerprint density at radius 2 is 1.72 bits per heavy atom. The second kappa shape index (κ2) is 9.09. The summed E-state index contributed by atoms with van der Waals surface area (Å²) in [4.78, 5) is 14.8. The van der Waals surface area contributed by atoms with Gasteiger partial charge in [0.15, 0.2) is 11.5 Å². The highest BCUT2D eigenvalue weighted by molar-refractivity contribution is 6.33. The molecular weight excluding hydrogens is 442 g/mol. The summed E-state index contributed by atoms with van der Waals surface area (Å²) in [6, 6.07) is 2.68. The van der Waals surface area contributed by atoms with E-state index in [1.165, 1.54) is 13.2 Å². The number of nitrogens with one attached hydrogen (secondary N) is 2. The smallest absolute Gasteiger partial charge is 0.255 e. The Morgan fingerprint density at radius 3 is 2.28 bits per heavy atom. The average Bonchev–Trinajstić information content (AvgIpc) is 3.12. The molecule has 2 aromatic carbocycles. The largest absolute Gasteiger partial charge is 0.504 e. The minimum absolute atomic E-state index is 0.0291. The Labute approximate surface area is 189 Å². The van der Waals surface area contributed by atoms with Crippen molar-refractivity contribution in [2.24, 2.45) is 0 Å². The Morgan fingerprint density at radius 1 is 1.12 bits per heavy atom. The lowest BCUT2D eigenvalue weighted by atomic mass is 10.1. The average molecular weight is 468 g/mol. The molecule has 1 amide bonds. The van der Waals surface area contributed by atoms with Gasteiger partial charge in [0, 0.05) is 38.3 Å². The molecule has 3 rings (SSSR count). The molecule has 2 aromatic rings. The van der Waals surface area contributed by atoms with Crippen molar-refractivity contribution in [1.29, 1.82) is 0 Å². The van der Waals surface area contributed by atoms with Crippen LogP contribution in [0.4, 0.5) is 5.69 Å². The number of rotatable bonds is 6. The fraction of sp³-hybridized carbons (Fsp3) is 0.381. The first kappa shape index (κ1) is 23.4. The molecule has 1 aliphatic rings. The van der Waals surface area contributed by atoms with Crippen molar-refractivity contribution < 1.29 is 35.1 Å². The van der Waals surface area contributed by atoms with Crippen LogP contribution in [0.15, 0.2) is 12.1 Å². The Kier molecular flexibility index (Phi) is 6.65. The van der Waals surface area contributed by atoms with E-state index in [0.717, 1.165) is 0 Å². The first-order valence-corrected chi connectivity index (χ1v) is 10.3. The number of hydrogen-bond acceptors (Lipinski definition) is 9. The number of benzene rings is 2. The minimum atomic E-state index is -1.000. The van der Waals surface area contributed by atoms with Crippen LogP contribution in [0.3, 0.4) is 0 Å². The highest BCUT2D eigenvalue weighted by atomic mass is 35.5. The van der Waals surface area contributed by atoms with E-state index in [1.54, 1.807) is 13.1 Å². The molecule has 0 saturated carbocycles. The number of phenolic OH excluding ortho intramolecular Hbond substituents is 5. The quantitative estimate of drug-likeness (QED) is 0.250. The van der Waals surface area contributed by atoms with Crippen LogP contribution in [0.25, 0.3) is 0 Å². The van der Waals surface area contributed by atoms with E-state index < -0.39 is 28.7 Å². The summed E-state index contributed by atoms with van der Waals surface area (Å²) >= 11 is 6.22. The van der Waals surface area contributed by atoms with Gasteiger partial charge in [-0.3, -0.25) is 9.69 Å². The molecular formula is C21H26ClN3O7. The van der Waals surface area contributed by atoms with Crippen molar-refractivity contribution in [3.05, 3.63) is 28.3 Å². The third-order valence-corrected chi connectivity index (χ3v) is 6.15. The third kappa shape index (κ3) is 4.11. The van der Waals surface area contributed by atoms with E-state index in [2.05, 4.69) is 10.6 Å². The predicted octanol–water partition coefficient (Wildman–Crippen LogP) is 2.31. The number of ether oxygens (including phenoxy) is 1. The summed E-state index contributed by atoms with van der Waals surface area (Å²) in [7, 11) is 3.17. The van der Waals surface area contributed by atoms with Crippen molar-refractivity contribution >= 4 is 23.2 Å². The van der Waals surface area contributed by atoms with Crippen LogP contribution < -0.4 is 15.4 Å². The maximum Gasteiger partial charge on any atom is 0.255 e. The molecule has 7 N–H and O–H groups in total. The van der Waals surface area contributed by atoms with Gasteiger partial charge in [-0.05, 0) is 19.4 Å². The van der Waals surface area contributed by atoms with Gasteiger partial charge in [-0.1, -0.05) is 11.6 Å². The van der Waals surface area contributed by atoms with Crippen molar-refractivity contribution in [2.75, 3.05) is 26.0 Å². The number of likely N-dealkylation sites (tertiary alicyclic amines) is 1. The lowest BCUT2D eigenvalue weighted by Crippen LogP contribution is -2.43. The molecule has 2 unspecified atom stereocenters. The van der Waals surface area contributed by atoms with Gasteiger partial charge in [0.2, 0.25) is 17.2 Å². The van der Waals surface area contributed by atoms with E-state index in [9.17, 15) is 30.3 Å². The van der Waals surface area contributed by atoms with Crippen LogP contribution >= 0.6 is 11.6 Å². The molecule has 32 heavy (non-hydrogen) atoms. The number of methoxy groups -OCH3 is 1. The first-order valence-electron chi connectivity index (χ1n) is 9.88. The first-order chi connectivity index (χ1) is 15.1. The molecule has 0 bridgehead atoms. The van der Waals surface area contributed by atoms with Crippen LogP contribution in [-0.4, -0.2) is 69.1 Å². The van der Waals surface area contributed by atoms with E-state index >= 15 is 0 Å². The SMILES string of the molecule is CNc1cc(OC)c(C(=O)NC2CCN(Cc3c(O)c(O)c(O)c(O)c3O)C2C)cc1Cl. The van der Waals surface area contributed by atoms with Crippen LogP contribution in [0.1, 0.15) is 29.3 Å². The number of nitrogens with zero attached hydrogens (tertiary/aromatic N) is 1. The van der Waals surface area contributed by atoms with Gasteiger partial charge < -0.3 is 40.9 Å². The molecule has 2 atom stereocenters. The Bertz CT molecular complexity index is 1020. The fourth-order valence-electron chi connectivity index (χ4n) is 3.84. The Balaban J connectivity index is 1.77. The van der Waals surface area contributed by atoms with Crippen molar-refractivity contribution in [3.63, 3.8) is 0 Å². The molecule has 1 fully saturated rings. The van der Waals surface area contributed by atoms with E-state index in [-0.39, 0.29) is 35.7 Å². The second-order valence-corrected chi connectivity index (χ2v) is 7.99. The van der Waals surface area contributed by atoms with Crippen LogP contribution in [0.2, 0.25) is 5.02 Å². The van der Waals surface area contributed by atoms with Gasteiger partial charge in [0.05, 0.1) is 28.9 Å². The molecule has 1 saturated heterocycles. The summed E-state index contributed by atoms with van der Waals surface area (Å²) in [5.41, 5.74) is 0.777. The van der Waals surface area contributed by atoms with Gasteiger partial charge >= 0.3 is 0 Å². The van der Waals surface area contributed by atoms with Crippen molar-refractivity contribution in [1.82, 2.24) is 10.2 Å². The monoisotopic (exact) mass is 467 g/mol. The lowest BCUT2D eigenvalue weighted by molar-refractivity contribution is 0.0923. The van der Waals surface area contributed by atoms with Gasteiger partial charge in [0.25, 0.3) is 5.91 Å². The summed E-state index contributed by atoms with van der Waals surface area (Å²) in [6.07, 6.45) is 0.578. The molecule has 174 valence electrons. The van der Waals surface area contributed by atoms with Crippen LogP contribution in [-0.2, 0) is 6.54 Å². The molecule has 11 heteroatoms. The predicted molar refractivity (Wildman–Crippen MR) is 118 cm³/mol. The zero-order valence-corrected chi connectivity index (χ0v) is 18.6. The standard InChI is InChI=1S/C21H26ClN3O7/c1-9-13(24-21(31)10-6-12(22)14(23-2)7-15(10)32-3)4-5-25(9)8-11-16(26)18(28)20(30)19(29)17(11)27/h6-7,9,13,23,26-30H,4-5,8H2,1-3H3,(H,24,31). The summed E-state index contributed by atoms with van der Waals surface area (Å²) in [6.45, 7) is 2.34. The molecule has 0 aromatic heterocycles. The zero-order valence-electron chi connectivity index (χ0n) is 17.8. The number of carbonyl (C=O) groups is 1. The zero-order chi connectivity index (χ0) is 23.7. The molecule has 10 nitrogen and oxygen atoms in total. The highest BCUT2D eigenvalue weighted by Gasteiger charge is 2.34. The normalized spacial score (nSPS) is 18.5. The Hall–Kier alpha value is -3.24. The molecule has 0 spiro atoms. The summed E-state index contributed by atoms with van der Waals surface area (Å²) in [5, 5.41) is 55.5. The van der Waals surface area contributed by atoms with Crippen LogP contribution in [0.5, 0.6) is 34.5 Å². The topological polar surface area (TPSA) is 155 Å². The number of anilines is 1. The van der Waals surface area contributed by atoms with E-state index in [0.29, 0.717) is 29.4 Å². The summed E-state index contributed by atoms with van der Waals surface area (Å²) < 4.78 is 5.32. The second-order valence-electron chi connectivity index (χ2n) is 7.58. The van der Waals surface area contributed by atoms with Crippen LogP contribution in [0, 0.1) is 0 Å². The number of hydrogen-bond donors (Lipinski definition) is 7. The highest BCUT2D eigenvalue weighted by Crippen LogP contribution is 2.51. The number of aromatic hydroxyl groups is 5. The number of carbonyl (C=O) groups excluding carboxylic acids is 1. The molecule has 0 aliphatic carbocycles. The maximum absolute atomic E-state index is 12.9. The van der Waals surface area contributed by atoms with Crippen molar-refractivity contribution in [2.45, 2.75) is 32.0 Å².